The van der Waals surface area contributed by atoms with Crippen molar-refractivity contribution in [1.29, 1.82) is 0 Å². The summed E-state index contributed by atoms with van der Waals surface area (Å²) in [6.45, 7) is 6.28. The number of carbonyl (C=O) groups is 1. The van der Waals surface area contributed by atoms with Gasteiger partial charge in [-0.1, -0.05) is 0 Å². The third-order valence-electron chi connectivity index (χ3n) is 2.82. The lowest BCUT2D eigenvalue weighted by atomic mass is 10.2. The first-order chi connectivity index (χ1) is 10.7. The predicted molar refractivity (Wildman–Crippen MR) is 87.2 cm³/mol. The molecule has 0 amide bonds. The molecule has 0 radical (unpaired) electrons. The van der Waals surface area contributed by atoms with Crippen LogP contribution in [0.1, 0.15) is 32.6 Å². The van der Waals surface area contributed by atoms with Crippen LogP contribution in [0.25, 0.3) is 0 Å². The molecule has 0 unspecified atom stereocenters. The first-order valence-corrected chi connectivity index (χ1v) is 7.90. The molecule has 0 bridgehead atoms. The maximum Gasteiger partial charge on any atom is 0.305 e. The van der Waals surface area contributed by atoms with Crippen LogP contribution in [0.15, 0.2) is 4.99 Å². The molecule has 0 atom stereocenters. The third kappa shape index (κ3) is 13.6. The number of guanidine groups is 1. The number of ether oxygens (including phenoxy) is 3. The fourth-order valence-corrected chi connectivity index (χ4v) is 1.65. The van der Waals surface area contributed by atoms with E-state index in [-0.39, 0.29) is 5.97 Å². The Hall–Kier alpha value is -1.34. The molecule has 0 aromatic rings. The number of methoxy groups -OCH3 is 2. The first kappa shape index (κ1) is 20.7. The zero-order valence-corrected chi connectivity index (χ0v) is 14.2. The number of rotatable bonds is 13. The number of esters is 1. The summed E-state index contributed by atoms with van der Waals surface area (Å²) >= 11 is 0. The predicted octanol–water partition coefficient (Wildman–Crippen LogP) is 0.938. The number of aliphatic imine (C=N–C) groups is 1. The van der Waals surface area contributed by atoms with E-state index in [4.69, 9.17) is 9.47 Å². The summed E-state index contributed by atoms with van der Waals surface area (Å²) in [5, 5.41) is 6.44. The van der Waals surface area contributed by atoms with Crippen molar-refractivity contribution < 1.29 is 19.0 Å². The molecule has 0 aliphatic carbocycles. The smallest absolute Gasteiger partial charge is 0.305 e. The van der Waals surface area contributed by atoms with Gasteiger partial charge in [0.2, 0.25) is 0 Å². The highest BCUT2D eigenvalue weighted by atomic mass is 16.5. The largest absolute Gasteiger partial charge is 0.469 e. The SMILES string of the molecule is CCNC(=NCCCOCCOC)NCCCCC(=O)OC. The fourth-order valence-electron chi connectivity index (χ4n) is 1.65. The van der Waals surface area contributed by atoms with Gasteiger partial charge in [0, 0.05) is 39.8 Å². The molecule has 0 aliphatic heterocycles. The Labute approximate surface area is 133 Å². The Morgan fingerprint density at radius 3 is 2.55 bits per heavy atom. The van der Waals surface area contributed by atoms with Gasteiger partial charge in [-0.15, -0.1) is 0 Å². The number of hydrogen-bond donors (Lipinski definition) is 2. The number of nitrogens with zero attached hydrogens (tertiary/aromatic N) is 1. The highest BCUT2D eigenvalue weighted by Gasteiger charge is 2.00. The normalized spacial score (nSPS) is 11.3. The minimum atomic E-state index is -0.158. The molecule has 0 fully saturated rings. The van der Waals surface area contributed by atoms with E-state index in [9.17, 15) is 4.79 Å². The van der Waals surface area contributed by atoms with Crippen molar-refractivity contribution in [3.63, 3.8) is 0 Å². The van der Waals surface area contributed by atoms with E-state index in [1.807, 2.05) is 6.92 Å². The van der Waals surface area contributed by atoms with Crippen molar-refractivity contribution in [3.8, 4) is 0 Å². The third-order valence-corrected chi connectivity index (χ3v) is 2.82. The summed E-state index contributed by atoms with van der Waals surface area (Å²) in [4.78, 5) is 15.5. The van der Waals surface area contributed by atoms with E-state index in [1.165, 1.54) is 7.11 Å². The summed E-state index contributed by atoms with van der Waals surface area (Å²) in [7, 11) is 3.07. The molecule has 0 aliphatic rings. The molecule has 130 valence electrons. The van der Waals surface area contributed by atoms with Gasteiger partial charge in [0.1, 0.15) is 0 Å². The molecular formula is C15H31N3O4. The number of carbonyl (C=O) groups excluding carboxylic acids is 1. The molecule has 7 heteroatoms. The van der Waals surface area contributed by atoms with Gasteiger partial charge in [-0.25, -0.2) is 0 Å². The van der Waals surface area contributed by atoms with E-state index in [1.54, 1.807) is 7.11 Å². The molecule has 2 N–H and O–H groups in total. The topological polar surface area (TPSA) is 81.2 Å². The molecule has 0 aromatic carbocycles. The van der Waals surface area contributed by atoms with E-state index in [0.717, 1.165) is 38.3 Å². The van der Waals surface area contributed by atoms with Crippen molar-refractivity contribution in [2.24, 2.45) is 4.99 Å². The second-order valence-corrected chi connectivity index (χ2v) is 4.68. The number of unbranched alkanes of at least 4 members (excludes halogenated alkanes) is 1. The zero-order valence-electron chi connectivity index (χ0n) is 14.2. The van der Waals surface area contributed by atoms with E-state index < -0.39 is 0 Å². The van der Waals surface area contributed by atoms with Crippen molar-refractivity contribution >= 4 is 11.9 Å². The molecule has 7 nitrogen and oxygen atoms in total. The lowest BCUT2D eigenvalue weighted by molar-refractivity contribution is -0.140. The number of nitrogens with one attached hydrogen (secondary N) is 2. The molecular weight excluding hydrogens is 286 g/mol. The van der Waals surface area contributed by atoms with Gasteiger partial charge < -0.3 is 24.8 Å². The van der Waals surface area contributed by atoms with Gasteiger partial charge in [-0.2, -0.15) is 0 Å². The van der Waals surface area contributed by atoms with Gasteiger partial charge >= 0.3 is 5.97 Å². The summed E-state index contributed by atoms with van der Waals surface area (Å²) in [5.74, 6) is 0.645. The Morgan fingerprint density at radius 1 is 1.05 bits per heavy atom. The molecule has 22 heavy (non-hydrogen) atoms. The molecule has 0 rings (SSSR count). The quantitative estimate of drug-likeness (QED) is 0.228. The van der Waals surface area contributed by atoms with Crippen molar-refractivity contribution in [2.75, 3.05) is 53.7 Å². The van der Waals surface area contributed by atoms with Crippen LogP contribution in [-0.2, 0) is 19.0 Å². The Balaban J connectivity index is 3.70. The Morgan fingerprint density at radius 2 is 1.86 bits per heavy atom. The summed E-state index contributed by atoms with van der Waals surface area (Å²) in [6, 6.07) is 0. The Bertz CT molecular complexity index is 299. The molecule has 0 saturated heterocycles. The second kappa shape index (κ2) is 16.0. The lowest BCUT2D eigenvalue weighted by Gasteiger charge is -2.11. The van der Waals surface area contributed by atoms with Gasteiger partial charge in [0.25, 0.3) is 0 Å². The minimum absolute atomic E-state index is 0.158. The molecule has 0 heterocycles. The van der Waals surface area contributed by atoms with E-state index in [2.05, 4.69) is 20.4 Å². The van der Waals surface area contributed by atoms with Crippen LogP contribution in [0.3, 0.4) is 0 Å². The van der Waals surface area contributed by atoms with Gasteiger partial charge in [-0.3, -0.25) is 9.79 Å². The maximum absolute atomic E-state index is 11.0. The second-order valence-electron chi connectivity index (χ2n) is 4.68. The van der Waals surface area contributed by atoms with Crippen molar-refractivity contribution in [2.45, 2.75) is 32.6 Å². The zero-order chi connectivity index (χ0) is 16.5. The standard InChI is InChI=1S/C15H31N3O4/c1-4-16-15(17-9-6-5-8-14(19)21-3)18-10-7-11-22-13-12-20-2/h4-13H2,1-3H3,(H2,16,17,18). The lowest BCUT2D eigenvalue weighted by Crippen LogP contribution is -2.38. The van der Waals surface area contributed by atoms with Crippen molar-refractivity contribution in [3.05, 3.63) is 0 Å². The Kier molecular flexibility index (Phi) is 15.1. The monoisotopic (exact) mass is 317 g/mol. The van der Waals surface area contributed by atoms with Crippen LogP contribution in [-0.4, -0.2) is 65.6 Å². The fraction of sp³-hybridized carbons (Fsp3) is 0.867. The summed E-state index contributed by atoms with van der Waals surface area (Å²) in [6.07, 6.45) is 3.05. The van der Waals surface area contributed by atoms with Crippen LogP contribution >= 0.6 is 0 Å². The van der Waals surface area contributed by atoms with Crippen molar-refractivity contribution in [1.82, 2.24) is 10.6 Å². The highest BCUT2D eigenvalue weighted by Crippen LogP contribution is 1.95. The van der Waals surface area contributed by atoms with Crippen LogP contribution in [0.5, 0.6) is 0 Å². The summed E-state index contributed by atoms with van der Waals surface area (Å²) < 4.78 is 14.9. The van der Waals surface area contributed by atoms with Gasteiger partial charge in [0.05, 0.1) is 20.3 Å². The average Bonchev–Trinajstić information content (AvgIpc) is 2.53. The van der Waals surface area contributed by atoms with Gasteiger partial charge in [-0.05, 0) is 26.2 Å². The van der Waals surface area contributed by atoms with Crippen LogP contribution < -0.4 is 10.6 Å². The van der Waals surface area contributed by atoms with Crippen LogP contribution in [0.2, 0.25) is 0 Å². The number of hydrogen-bond acceptors (Lipinski definition) is 5. The average molecular weight is 317 g/mol. The van der Waals surface area contributed by atoms with E-state index >= 15 is 0 Å². The molecule has 0 spiro atoms. The molecule has 0 saturated carbocycles. The van der Waals surface area contributed by atoms with E-state index in [0.29, 0.717) is 32.8 Å². The van der Waals surface area contributed by atoms with Crippen LogP contribution in [0, 0.1) is 0 Å². The molecule has 0 aromatic heterocycles. The summed E-state index contributed by atoms with van der Waals surface area (Å²) in [5.41, 5.74) is 0. The van der Waals surface area contributed by atoms with Crippen LogP contribution in [0.4, 0.5) is 0 Å². The highest BCUT2D eigenvalue weighted by molar-refractivity contribution is 5.79. The first-order valence-electron chi connectivity index (χ1n) is 7.90. The minimum Gasteiger partial charge on any atom is -0.469 e. The van der Waals surface area contributed by atoms with Gasteiger partial charge in [0.15, 0.2) is 5.96 Å². The maximum atomic E-state index is 11.0.